The van der Waals surface area contributed by atoms with Gasteiger partial charge in [0.15, 0.2) is 0 Å². The van der Waals surface area contributed by atoms with Crippen molar-refractivity contribution in [2.45, 2.75) is 25.3 Å². The Labute approximate surface area is 80.4 Å². The quantitative estimate of drug-likeness (QED) is 0.667. The van der Waals surface area contributed by atoms with Crippen LogP contribution < -0.4 is 0 Å². The minimum atomic E-state index is 0.780. The van der Waals surface area contributed by atoms with Crippen LogP contribution in [0, 0.1) is 6.92 Å². The molecule has 1 nitrogen and oxygen atoms in total. The van der Waals surface area contributed by atoms with Gasteiger partial charge in [0.1, 0.15) is 0 Å². The minimum absolute atomic E-state index is 0.780. The van der Waals surface area contributed by atoms with E-state index >= 15 is 0 Å². The molecule has 2 atom stereocenters. The zero-order chi connectivity index (χ0) is 9.42. The highest BCUT2D eigenvalue weighted by Gasteiger charge is 2.39. The fourth-order valence-corrected chi connectivity index (χ4v) is 1.92. The smallest absolute Gasteiger partial charge is 0.0165 e. The van der Waals surface area contributed by atoms with Crippen LogP contribution in [-0.2, 0) is 0 Å². The van der Waals surface area contributed by atoms with Crippen molar-refractivity contribution >= 4 is 0 Å². The van der Waals surface area contributed by atoms with Gasteiger partial charge in [-0.2, -0.15) is 0 Å². The first-order chi connectivity index (χ1) is 6.18. The summed E-state index contributed by atoms with van der Waals surface area (Å²) in [4.78, 5) is 2.32. The molecule has 1 fully saturated rings. The van der Waals surface area contributed by atoms with E-state index in [0.717, 1.165) is 12.0 Å². The highest BCUT2D eigenvalue weighted by atomic mass is 15.1. The first-order valence-corrected chi connectivity index (χ1v) is 4.91. The molecule has 0 aromatic heterocycles. The van der Waals surface area contributed by atoms with Gasteiger partial charge in [-0.15, -0.1) is 0 Å². The highest BCUT2D eigenvalue weighted by molar-refractivity contribution is 5.30. The van der Waals surface area contributed by atoms with Crippen LogP contribution in [0.1, 0.15) is 23.5 Å². The average molecular weight is 175 g/mol. The average Bonchev–Trinajstić information content (AvgIpc) is 2.85. The van der Waals surface area contributed by atoms with Gasteiger partial charge < -0.3 is 4.90 Å². The Kier molecular flexibility index (Phi) is 2.12. The summed E-state index contributed by atoms with van der Waals surface area (Å²) in [5, 5.41) is 0. The molecule has 0 spiro atoms. The Morgan fingerprint density at radius 2 is 1.77 bits per heavy atom. The van der Waals surface area contributed by atoms with E-state index in [4.69, 9.17) is 0 Å². The summed E-state index contributed by atoms with van der Waals surface area (Å²) < 4.78 is 0. The lowest BCUT2D eigenvalue weighted by molar-refractivity contribution is 0.391. The Hall–Kier alpha value is -0.820. The maximum atomic E-state index is 2.32. The Morgan fingerprint density at radius 1 is 1.15 bits per heavy atom. The third-order valence-corrected chi connectivity index (χ3v) is 2.93. The predicted molar refractivity (Wildman–Crippen MR) is 56.0 cm³/mol. The van der Waals surface area contributed by atoms with Gasteiger partial charge in [-0.25, -0.2) is 0 Å². The van der Waals surface area contributed by atoms with E-state index < -0.39 is 0 Å². The fourth-order valence-electron chi connectivity index (χ4n) is 1.92. The Balaban J connectivity index is 2.08. The summed E-state index contributed by atoms with van der Waals surface area (Å²) in [5.74, 6) is 0.788. The topological polar surface area (TPSA) is 3.24 Å². The van der Waals surface area contributed by atoms with Crippen LogP contribution >= 0.6 is 0 Å². The highest BCUT2D eigenvalue weighted by Crippen LogP contribution is 2.43. The molecule has 2 unspecified atom stereocenters. The largest absolute Gasteiger partial charge is 0.306 e. The van der Waals surface area contributed by atoms with E-state index in [0.29, 0.717) is 0 Å². The van der Waals surface area contributed by atoms with Crippen molar-refractivity contribution in [3.8, 4) is 0 Å². The molecule has 1 aliphatic carbocycles. The monoisotopic (exact) mass is 175 g/mol. The number of rotatable bonds is 2. The van der Waals surface area contributed by atoms with Crippen LogP contribution in [0.25, 0.3) is 0 Å². The molecule has 0 saturated heterocycles. The first-order valence-electron chi connectivity index (χ1n) is 4.91. The fraction of sp³-hybridized carbons (Fsp3) is 0.500. The van der Waals surface area contributed by atoms with Crippen molar-refractivity contribution in [3.63, 3.8) is 0 Å². The van der Waals surface area contributed by atoms with E-state index in [2.05, 4.69) is 50.2 Å². The van der Waals surface area contributed by atoms with Crippen molar-refractivity contribution < 1.29 is 0 Å². The predicted octanol–water partition coefficient (Wildman–Crippen LogP) is 2.41. The molecule has 1 saturated carbocycles. The van der Waals surface area contributed by atoms with Crippen LogP contribution in [0.2, 0.25) is 0 Å². The van der Waals surface area contributed by atoms with Crippen molar-refractivity contribution in [2.75, 3.05) is 14.1 Å². The molecule has 1 aromatic rings. The molecule has 2 rings (SSSR count). The number of hydrogen-bond donors (Lipinski definition) is 0. The van der Waals surface area contributed by atoms with Gasteiger partial charge >= 0.3 is 0 Å². The van der Waals surface area contributed by atoms with E-state index in [9.17, 15) is 0 Å². The van der Waals surface area contributed by atoms with Crippen molar-refractivity contribution in [2.24, 2.45) is 0 Å². The van der Waals surface area contributed by atoms with Crippen LogP contribution in [0.5, 0.6) is 0 Å². The van der Waals surface area contributed by atoms with Gasteiger partial charge in [0, 0.05) is 12.0 Å². The summed E-state index contributed by atoms with van der Waals surface area (Å²) in [5.41, 5.74) is 2.86. The summed E-state index contributed by atoms with van der Waals surface area (Å²) in [6.45, 7) is 2.14. The zero-order valence-electron chi connectivity index (χ0n) is 8.62. The molecule has 0 radical (unpaired) electrons. The van der Waals surface area contributed by atoms with Crippen LogP contribution in [0.3, 0.4) is 0 Å². The van der Waals surface area contributed by atoms with Crippen LogP contribution in [0.15, 0.2) is 24.3 Å². The lowest BCUT2D eigenvalue weighted by atomic mass is 10.1. The van der Waals surface area contributed by atoms with Gasteiger partial charge in [-0.3, -0.25) is 0 Å². The Bertz CT molecular complexity index is 286. The third kappa shape index (κ3) is 1.75. The van der Waals surface area contributed by atoms with E-state index in [-0.39, 0.29) is 0 Å². The molecule has 0 bridgehead atoms. The molecule has 0 aliphatic heterocycles. The number of nitrogens with zero attached hydrogens (tertiary/aromatic N) is 1. The second kappa shape index (κ2) is 3.15. The summed E-state index contributed by atoms with van der Waals surface area (Å²) >= 11 is 0. The number of aryl methyl sites for hydroxylation is 1. The van der Waals surface area contributed by atoms with Gasteiger partial charge in [0.05, 0.1) is 0 Å². The molecule has 70 valence electrons. The van der Waals surface area contributed by atoms with Crippen molar-refractivity contribution in [1.29, 1.82) is 0 Å². The lowest BCUT2D eigenvalue weighted by Gasteiger charge is -2.08. The molecule has 0 amide bonds. The van der Waals surface area contributed by atoms with Crippen molar-refractivity contribution in [1.82, 2.24) is 4.90 Å². The van der Waals surface area contributed by atoms with Crippen LogP contribution in [-0.4, -0.2) is 25.0 Å². The summed E-state index contributed by atoms with van der Waals surface area (Å²) in [7, 11) is 4.33. The molecule has 1 aromatic carbocycles. The molecule has 1 aliphatic rings. The number of hydrogen-bond acceptors (Lipinski definition) is 1. The molecular formula is C12H17N. The van der Waals surface area contributed by atoms with Gasteiger partial charge in [0.2, 0.25) is 0 Å². The van der Waals surface area contributed by atoms with Gasteiger partial charge in [-0.1, -0.05) is 29.8 Å². The first kappa shape index (κ1) is 8.76. The molecular weight excluding hydrogens is 158 g/mol. The number of benzene rings is 1. The third-order valence-electron chi connectivity index (χ3n) is 2.93. The summed E-state index contributed by atoms with van der Waals surface area (Å²) in [6, 6.07) is 9.73. The maximum absolute atomic E-state index is 2.32. The lowest BCUT2D eigenvalue weighted by Crippen LogP contribution is -2.15. The second-order valence-corrected chi connectivity index (χ2v) is 4.28. The normalized spacial score (nSPS) is 26.5. The molecule has 0 N–H and O–H groups in total. The SMILES string of the molecule is Cc1ccc(C2CC2N(C)C)cc1. The standard InChI is InChI=1S/C12H17N/c1-9-4-6-10(7-5-9)11-8-12(11)13(2)3/h4-7,11-12H,8H2,1-3H3. The second-order valence-electron chi connectivity index (χ2n) is 4.28. The molecule has 1 heteroatoms. The van der Waals surface area contributed by atoms with E-state index in [1.165, 1.54) is 17.5 Å². The minimum Gasteiger partial charge on any atom is -0.306 e. The Morgan fingerprint density at radius 3 is 2.23 bits per heavy atom. The van der Waals surface area contributed by atoms with Crippen LogP contribution in [0.4, 0.5) is 0 Å². The molecule has 13 heavy (non-hydrogen) atoms. The van der Waals surface area contributed by atoms with E-state index in [1.807, 2.05) is 0 Å². The zero-order valence-corrected chi connectivity index (χ0v) is 8.62. The van der Waals surface area contributed by atoms with Gasteiger partial charge in [0.25, 0.3) is 0 Å². The van der Waals surface area contributed by atoms with Crippen molar-refractivity contribution in [3.05, 3.63) is 35.4 Å². The summed E-state index contributed by atoms with van der Waals surface area (Å²) in [6.07, 6.45) is 1.33. The molecule has 0 heterocycles. The van der Waals surface area contributed by atoms with Gasteiger partial charge in [-0.05, 0) is 33.0 Å². The maximum Gasteiger partial charge on any atom is 0.0165 e. The number of likely N-dealkylation sites (N-methyl/N-ethyl adjacent to an activating group) is 1. The van der Waals surface area contributed by atoms with E-state index in [1.54, 1.807) is 0 Å².